The van der Waals surface area contributed by atoms with E-state index in [4.69, 9.17) is 4.74 Å². The number of amides is 1. The van der Waals surface area contributed by atoms with E-state index in [0.717, 1.165) is 12.8 Å². The molecule has 1 aliphatic heterocycles. The van der Waals surface area contributed by atoms with Crippen LogP contribution in [0, 0.1) is 11.8 Å². The number of hydrogen-bond donors (Lipinski definition) is 1. The van der Waals surface area contributed by atoms with E-state index in [1.165, 1.54) is 6.42 Å². The molecule has 24 heavy (non-hydrogen) atoms. The van der Waals surface area contributed by atoms with Crippen LogP contribution in [0.2, 0.25) is 0 Å². The number of ether oxygens (including phenoxy) is 1. The molecule has 0 radical (unpaired) electrons. The topological polar surface area (TPSA) is 92.8 Å². The van der Waals surface area contributed by atoms with Crippen LogP contribution in [0.1, 0.15) is 33.1 Å². The maximum atomic E-state index is 12.0. The predicted molar refractivity (Wildman–Crippen MR) is 90.2 cm³/mol. The quantitative estimate of drug-likeness (QED) is 0.704. The molecule has 0 bridgehead atoms. The van der Waals surface area contributed by atoms with Gasteiger partial charge < -0.3 is 10.1 Å². The molecule has 1 heterocycles. The second-order valence-electron chi connectivity index (χ2n) is 7.03. The van der Waals surface area contributed by atoms with E-state index in [2.05, 4.69) is 19.2 Å². The molecule has 0 aromatic rings. The Morgan fingerprint density at radius 2 is 1.83 bits per heavy atom. The van der Waals surface area contributed by atoms with Crippen LogP contribution in [0.5, 0.6) is 0 Å². The minimum atomic E-state index is -2.96. The molecule has 2 aliphatic rings. The minimum Gasteiger partial charge on any atom is -0.455 e. The minimum absolute atomic E-state index is 0.0274. The van der Waals surface area contributed by atoms with Gasteiger partial charge in [-0.15, -0.1) is 0 Å². The van der Waals surface area contributed by atoms with E-state index in [1.807, 2.05) is 0 Å². The Morgan fingerprint density at radius 3 is 2.50 bits per heavy atom. The van der Waals surface area contributed by atoms with Crippen molar-refractivity contribution < 1.29 is 22.7 Å². The summed E-state index contributed by atoms with van der Waals surface area (Å²) in [6.45, 7) is 4.76. The second-order valence-corrected chi connectivity index (χ2v) is 9.33. The molecule has 0 aromatic carbocycles. The van der Waals surface area contributed by atoms with Gasteiger partial charge in [0.25, 0.3) is 5.91 Å². The van der Waals surface area contributed by atoms with Gasteiger partial charge >= 0.3 is 5.97 Å². The number of nitrogens with one attached hydrogen (secondary N) is 1. The van der Waals surface area contributed by atoms with Crippen LogP contribution in [0.15, 0.2) is 0 Å². The molecular weight excluding hydrogens is 332 g/mol. The molecule has 8 heteroatoms. The van der Waals surface area contributed by atoms with Crippen LogP contribution in [0.4, 0.5) is 0 Å². The van der Waals surface area contributed by atoms with Crippen molar-refractivity contribution in [3.8, 4) is 0 Å². The molecule has 1 aliphatic carbocycles. The molecule has 1 saturated heterocycles. The number of hydrogen-bond acceptors (Lipinski definition) is 6. The summed E-state index contributed by atoms with van der Waals surface area (Å²) in [6.07, 6.45) is 3.26. The van der Waals surface area contributed by atoms with Crippen molar-refractivity contribution in [2.45, 2.75) is 39.2 Å². The third kappa shape index (κ3) is 5.73. The third-order valence-electron chi connectivity index (χ3n) is 5.21. The average molecular weight is 360 g/mol. The van der Waals surface area contributed by atoms with Gasteiger partial charge in [0.2, 0.25) is 0 Å². The Morgan fingerprint density at radius 1 is 1.17 bits per heavy atom. The Hall–Kier alpha value is -1.15. The fourth-order valence-corrected chi connectivity index (χ4v) is 4.59. The molecule has 0 aromatic heterocycles. The number of esters is 1. The molecule has 0 spiro atoms. The lowest BCUT2D eigenvalue weighted by atomic mass is 9.78. The van der Waals surface area contributed by atoms with Gasteiger partial charge in [0.05, 0.1) is 18.1 Å². The average Bonchev–Trinajstić information content (AvgIpc) is 2.52. The van der Waals surface area contributed by atoms with Gasteiger partial charge in [0.1, 0.15) is 0 Å². The van der Waals surface area contributed by atoms with Gasteiger partial charge in [-0.3, -0.25) is 14.5 Å². The highest BCUT2D eigenvalue weighted by molar-refractivity contribution is 7.91. The summed E-state index contributed by atoms with van der Waals surface area (Å²) >= 11 is 0. The summed E-state index contributed by atoms with van der Waals surface area (Å²) in [5.41, 5.74) is 0. The summed E-state index contributed by atoms with van der Waals surface area (Å²) in [6, 6.07) is 0.146. The van der Waals surface area contributed by atoms with Gasteiger partial charge in [0.15, 0.2) is 16.4 Å². The first-order valence-corrected chi connectivity index (χ1v) is 10.5. The maximum Gasteiger partial charge on any atom is 0.320 e. The first-order chi connectivity index (χ1) is 11.3. The van der Waals surface area contributed by atoms with E-state index in [-0.39, 0.29) is 36.6 Å². The fourth-order valence-electron chi connectivity index (χ4n) is 3.32. The van der Waals surface area contributed by atoms with E-state index < -0.39 is 15.8 Å². The van der Waals surface area contributed by atoms with E-state index in [9.17, 15) is 18.0 Å². The van der Waals surface area contributed by atoms with E-state index in [1.54, 1.807) is 4.90 Å². The summed E-state index contributed by atoms with van der Waals surface area (Å²) in [5, 5.41) is 2.96. The summed E-state index contributed by atoms with van der Waals surface area (Å²) in [7, 11) is -2.96. The SMILES string of the molecule is CC1CCCC(NC(=O)COC(=O)CN2CCS(=O)(=O)CC2)C1C. The van der Waals surface area contributed by atoms with Crippen LogP contribution in [0.3, 0.4) is 0 Å². The lowest BCUT2D eigenvalue weighted by molar-refractivity contribution is -0.149. The van der Waals surface area contributed by atoms with Gasteiger partial charge in [-0.2, -0.15) is 0 Å². The lowest BCUT2D eigenvalue weighted by Gasteiger charge is -2.34. The number of carbonyl (C=O) groups is 2. The van der Waals surface area contributed by atoms with E-state index in [0.29, 0.717) is 24.9 Å². The smallest absolute Gasteiger partial charge is 0.320 e. The number of sulfone groups is 1. The van der Waals surface area contributed by atoms with Crippen molar-refractivity contribution in [2.75, 3.05) is 37.7 Å². The molecule has 2 fully saturated rings. The van der Waals surface area contributed by atoms with E-state index >= 15 is 0 Å². The first kappa shape index (κ1) is 19.2. The Bertz CT molecular complexity index is 549. The van der Waals surface area contributed by atoms with Crippen LogP contribution in [-0.2, 0) is 24.2 Å². The fraction of sp³-hybridized carbons (Fsp3) is 0.875. The van der Waals surface area contributed by atoms with Gasteiger partial charge in [0, 0.05) is 19.1 Å². The number of nitrogens with zero attached hydrogens (tertiary/aromatic N) is 1. The van der Waals surface area contributed by atoms with Crippen molar-refractivity contribution in [1.29, 1.82) is 0 Å². The zero-order chi connectivity index (χ0) is 17.7. The van der Waals surface area contributed by atoms with Crippen molar-refractivity contribution >= 4 is 21.7 Å². The molecule has 3 unspecified atom stereocenters. The van der Waals surface area contributed by atoms with Crippen LogP contribution in [-0.4, -0.2) is 69.0 Å². The Labute approximate surface area is 144 Å². The second kappa shape index (κ2) is 8.29. The number of carbonyl (C=O) groups excluding carboxylic acids is 2. The van der Waals surface area contributed by atoms with Crippen molar-refractivity contribution in [1.82, 2.24) is 10.2 Å². The zero-order valence-corrected chi connectivity index (χ0v) is 15.3. The standard InChI is InChI=1S/C16H28N2O5S/c1-12-4-3-5-14(13(12)2)17-15(19)11-23-16(20)10-18-6-8-24(21,22)9-7-18/h12-14H,3-11H2,1-2H3,(H,17,19). The van der Waals surface area contributed by atoms with Crippen LogP contribution >= 0.6 is 0 Å². The Balaban J connectivity index is 1.67. The largest absolute Gasteiger partial charge is 0.455 e. The lowest BCUT2D eigenvalue weighted by Crippen LogP contribution is -2.46. The Kier molecular flexibility index (Phi) is 6.62. The zero-order valence-electron chi connectivity index (χ0n) is 14.5. The van der Waals surface area contributed by atoms with Gasteiger partial charge in [-0.1, -0.05) is 26.7 Å². The highest BCUT2D eigenvalue weighted by Crippen LogP contribution is 2.29. The third-order valence-corrected chi connectivity index (χ3v) is 6.82. The molecule has 1 N–H and O–H groups in total. The van der Waals surface area contributed by atoms with Crippen molar-refractivity contribution in [3.05, 3.63) is 0 Å². The maximum absolute atomic E-state index is 12.0. The monoisotopic (exact) mass is 360 g/mol. The molecule has 1 amide bonds. The molecule has 1 saturated carbocycles. The van der Waals surface area contributed by atoms with Gasteiger partial charge in [-0.25, -0.2) is 8.42 Å². The summed E-state index contributed by atoms with van der Waals surface area (Å²) in [5.74, 6) is 0.387. The predicted octanol–water partition coefficient (Wildman–Crippen LogP) is 0.201. The number of rotatable bonds is 5. The van der Waals surface area contributed by atoms with Crippen LogP contribution in [0.25, 0.3) is 0 Å². The first-order valence-electron chi connectivity index (χ1n) is 8.64. The van der Waals surface area contributed by atoms with Crippen molar-refractivity contribution in [2.24, 2.45) is 11.8 Å². The highest BCUT2D eigenvalue weighted by Gasteiger charge is 2.28. The molecule has 138 valence electrons. The summed E-state index contributed by atoms with van der Waals surface area (Å²) in [4.78, 5) is 25.5. The summed E-state index contributed by atoms with van der Waals surface area (Å²) < 4.78 is 27.7. The highest BCUT2D eigenvalue weighted by atomic mass is 32.2. The van der Waals surface area contributed by atoms with Gasteiger partial charge in [-0.05, 0) is 18.3 Å². The van der Waals surface area contributed by atoms with Crippen molar-refractivity contribution in [3.63, 3.8) is 0 Å². The molecular formula is C16H28N2O5S. The molecule has 7 nitrogen and oxygen atoms in total. The molecule has 2 rings (SSSR count). The van der Waals surface area contributed by atoms with Crippen LogP contribution < -0.4 is 5.32 Å². The normalized spacial score (nSPS) is 30.5. The molecule has 3 atom stereocenters.